The number of benzene rings is 1. The van der Waals surface area contributed by atoms with E-state index in [0.29, 0.717) is 0 Å². The van der Waals surface area contributed by atoms with Gasteiger partial charge in [0.05, 0.1) is 6.10 Å². The Bertz CT molecular complexity index is 353. The van der Waals surface area contributed by atoms with Crippen LogP contribution in [-0.2, 0) is 6.42 Å². The van der Waals surface area contributed by atoms with Crippen molar-refractivity contribution in [3.05, 3.63) is 47.5 Å². The second kappa shape index (κ2) is 6.61. The first-order chi connectivity index (χ1) is 8.36. The van der Waals surface area contributed by atoms with Crippen LogP contribution in [0.1, 0.15) is 44.1 Å². The van der Waals surface area contributed by atoms with Crippen LogP contribution in [0.4, 0.5) is 0 Å². The predicted octanol–water partition coefficient (Wildman–Crippen LogP) is 3.87. The van der Waals surface area contributed by atoms with Crippen LogP contribution in [0.3, 0.4) is 0 Å². The fourth-order valence-electron chi connectivity index (χ4n) is 2.50. The zero-order valence-corrected chi connectivity index (χ0v) is 10.4. The third-order valence-electron chi connectivity index (χ3n) is 3.54. The summed E-state index contributed by atoms with van der Waals surface area (Å²) in [7, 11) is 0. The van der Waals surface area contributed by atoms with Gasteiger partial charge in [0.1, 0.15) is 0 Å². The Morgan fingerprint density at radius 3 is 2.65 bits per heavy atom. The number of allylic oxidation sites excluding steroid dienone is 1. The van der Waals surface area contributed by atoms with Gasteiger partial charge in [0, 0.05) is 0 Å². The second-order valence-corrected chi connectivity index (χ2v) is 4.92. The van der Waals surface area contributed by atoms with Gasteiger partial charge in [0.25, 0.3) is 0 Å². The zero-order chi connectivity index (χ0) is 11.9. The number of aliphatic hydroxyl groups excluding tert-OH is 1. The van der Waals surface area contributed by atoms with Gasteiger partial charge >= 0.3 is 0 Å². The molecule has 0 fully saturated rings. The summed E-state index contributed by atoms with van der Waals surface area (Å²) in [5, 5.41) is 10.1. The van der Waals surface area contributed by atoms with Gasteiger partial charge in [-0.15, -0.1) is 0 Å². The monoisotopic (exact) mass is 230 g/mol. The van der Waals surface area contributed by atoms with Gasteiger partial charge in [-0.1, -0.05) is 36.4 Å². The highest BCUT2D eigenvalue weighted by Crippen LogP contribution is 2.22. The first kappa shape index (κ1) is 12.4. The van der Waals surface area contributed by atoms with Crippen molar-refractivity contribution in [3.63, 3.8) is 0 Å². The minimum absolute atomic E-state index is 0.195. The van der Waals surface area contributed by atoms with Crippen molar-refractivity contribution in [1.29, 1.82) is 0 Å². The molecule has 0 aliphatic heterocycles. The van der Waals surface area contributed by atoms with E-state index in [0.717, 1.165) is 32.1 Å². The predicted molar refractivity (Wildman–Crippen MR) is 71.9 cm³/mol. The SMILES string of the molecule is OC(CCCc1ccccc1)C1=CCCCC1. The molecule has 0 spiro atoms. The van der Waals surface area contributed by atoms with Crippen LogP contribution >= 0.6 is 0 Å². The summed E-state index contributed by atoms with van der Waals surface area (Å²) in [6.07, 6.45) is 9.91. The van der Waals surface area contributed by atoms with E-state index in [2.05, 4.69) is 30.3 Å². The van der Waals surface area contributed by atoms with E-state index in [-0.39, 0.29) is 6.10 Å². The smallest absolute Gasteiger partial charge is 0.0750 e. The van der Waals surface area contributed by atoms with Crippen molar-refractivity contribution in [3.8, 4) is 0 Å². The van der Waals surface area contributed by atoms with Crippen molar-refractivity contribution in [2.75, 3.05) is 0 Å². The van der Waals surface area contributed by atoms with Crippen molar-refractivity contribution in [1.82, 2.24) is 0 Å². The summed E-state index contributed by atoms with van der Waals surface area (Å²) in [6.45, 7) is 0. The molecule has 0 aromatic heterocycles. The molecule has 0 saturated heterocycles. The van der Waals surface area contributed by atoms with Gasteiger partial charge in [-0.25, -0.2) is 0 Å². The molecule has 1 aromatic carbocycles. The summed E-state index contributed by atoms with van der Waals surface area (Å²) in [5.74, 6) is 0. The number of aliphatic hydroxyl groups is 1. The lowest BCUT2D eigenvalue weighted by molar-refractivity contribution is 0.190. The summed E-state index contributed by atoms with van der Waals surface area (Å²) in [4.78, 5) is 0. The number of aryl methyl sites for hydroxylation is 1. The fraction of sp³-hybridized carbons (Fsp3) is 0.500. The Kier molecular flexibility index (Phi) is 4.81. The Balaban J connectivity index is 1.73. The Labute approximate surface area is 104 Å². The maximum absolute atomic E-state index is 10.1. The van der Waals surface area contributed by atoms with Crippen molar-refractivity contribution in [2.24, 2.45) is 0 Å². The molecule has 1 aromatic rings. The quantitative estimate of drug-likeness (QED) is 0.761. The maximum Gasteiger partial charge on any atom is 0.0750 e. The lowest BCUT2D eigenvalue weighted by Gasteiger charge is -2.18. The molecule has 0 saturated carbocycles. The van der Waals surface area contributed by atoms with Crippen LogP contribution in [0.25, 0.3) is 0 Å². The molecule has 1 N–H and O–H groups in total. The highest BCUT2D eigenvalue weighted by Gasteiger charge is 2.12. The van der Waals surface area contributed by atoms with E-state index in [1.807, 2.05) is 6.07 Å². The minimum atomic E-state index is -0.195. The minimum Gasteiger partial charge on any atom is -0.389 e. The van der Waals surface area contributed by atoms with Gasteiger partial charge in [-0.05, 0) is 56.1 Å². The van der Waals surface area contributed by atoms with Crippen LogP contribution in [-0.4, -0.2) is 11.2 Å². The summed E-state index contributed by atoms with van der Waals surface area (Å²) in [5.41, 5.74) is 2.65. The largest absolute Gasteiger partial charge is 0.389 e. The van der Waals surface area contributed by atoms with E-state index in [1.54, 1.807) is 0 Å². The summed E-state index contributed by atoms with van der Waals surface area (Å²) >= 11 is 0. The molecule has 1 heteroatoms. The first-order valence-electron chi connectivity index (χ1n) is 6.77. The third kappa shape index (κ3) is 4.01. The van der Waals surface area contributed by atoms with Gasteiger partial charge in [-0.3, -0.25) is 0 Å². The average molecular weight is 230 g/mol. The van der Waals surface area contributed by atoms with E-state index in [1.165, 1.54) is 24.0 Å². The molecule has 1 aliphatic rings. The molecule has 17 heavy (non-hydrogen) atoms. The molecular weight excluding hydrogens is 208 g/mol. The van der Waals surface area contributed by atoms with Crippen LogP contribution < -0.4 is 0 Å². The molecule has 0 radical (unpaired) electrons. The van der Waals surface area contributed by atoms with Gasteiger partial charge in [0.15, 0.2) is 0 Å². The highest BCUT2D eigenvalue weighted by atomic mass is 16.3. The third-order valence-corrected chi connectivity index (χ3v) is 3.54. The Morgan fingerprint density at radius 1 is 1.12 bits per heavy atom. The standard InChI is InChI=1S/C16H22O/c17-16(15-11-5-2-6-12-15)13-7-10-14-8-3-1-4-9-14/h1,3-4,8-9,11,16-17H,2,5-7,10,12-13H2. The van der Waals surface area contributed by atoms with E-state index < -0.39 is 0 Å². The molecule has 1 nitrogen and oxygen atoms in total. The van der Waals surface area contributed by atoms with Crippen molar-refractivity contribution >= 4 is 0 Å². The Morgan fingerprint density at radius 2 is 1.94 bits per heavy atom. The lowest BCUT2D eigenvalue weighted by atomic mass is 9.92. The second-order valence-electron chi connectivity index (χ2n) is 4.92. The molecule has 0 bridgehead atoms. The number of hydrogen-bond donors (Lipinski definition) is 1. The molecule has 0 amide bonds. The first-order valence-corrected chi connectivity index (χ1v) is 6.77. The zero-order valence-electron chi connectivity index (χ0n) is 10.4. The molecule has 92 valence electrons. The molecule has 1 unspecified atom stereocenters. The van der Waals surface area contributed by atoms with E-state index in [4.69, 9.17) is 0 Å². The average Bonchev–Trinajstić information content (AvgIpc) is 2.41. The van der Waals surface area contributed by atoms with Crippen LogP contribution in [0.2, 0.25) is 0 Å². The molecule has 2 rings (SSSR count). The van der Waals surface area contributed by atoms with Crippen LogP contribution in [0.5, 0.6) is 0 Å². The Hall–Kier alpha value is -1.08. The van der Waals surface area contributed by atoms with E-state index in [9.17, 15) is 5.11 Å². The van der Waals surface area contributed by atoms with Crippen LogP contribution in [0.15, 0.2) is 42.0 Å². The van der Waals surface area contributed by atoms with E-state index >= 15 is 0 Å². The maximum atomic E-state index is 10.1. The van der Waals surface area contributed by atoms with Gasteiger partial charge in [-0.2, -0.15) is 0 Å². The molecule has 0 heterocycles. The van der Waals surface area contributed by atoms with Gasteiger partial charge in [0.2, 0.25) is 0 Å². The molecule has 1 aliphatic carbocycles. The number of hydrogen-bond acceptors (Lipinski definition) is 1. The molecule has 1 atom stereocenters. The van der Waals surface area contributed by atoms with Crippen molar-refractivity contribution < 1.29 is 5.11 Å². The molecular formula is C16H22O. The highest BCUT2D eigenvalue weighted by molar-refractivity contribution is 5.15. The lowest BCUT2D eigenvalue weighted by Crippen LogP contribution is -2.12. The topological polar surface area (TPSA) is 20.2 Å². The van der Waals surface area contributed by atoms with Gasteiger partial charge < -0.3 is 5.11 Å². The summed E-state index contributed by atoms with van der Waals surface area (Å²) in [6, 6.07) is 10.5. The van der Waals surface area contributed by atoms with Crippen molar-refractivity contribution in [2.45, 2.75) is 51.0 Å². The number of rotatable bonds is 5. The van der Waals surface area contributed by atoms with Crippen LogP contribution in [0, 0.1) is 0 Å². The normalized spacial score (nSPS) is 17.6. The fourth-order valence-corrected chi connectivity index (χ4v) is 2.50. The summed E-state index contributed by atoms with van der Waals surface area (Å²) < 4.78 is 0.